The molecule has 0 atom stereocenters. The van der Waals surface area contributed by atoms with Gasteiger partial charge in [-0.15, -0.1) is 5.10 Å². The highest BCUT2D eigenvalue weighted by atomic mass is 127. The molecule has 15 heavy (non-hydrogen) atoms. The fourth-order valence-corrected chi connectivity index (χ4v) is 1.43. The molecule has 0 saturated carbocycles. The summed E-state index contributed by atoms with van der Waals surface area (Å²) in [5, 5.41) is 16.6. The molecule has 0 aromatic heterocycles. The Bertz CT molecular complexity index is 424. The summed E-state index contributed by atoms with van der Waals surface area (Å²) in [5.41, 5.74) is 11.8. The van der Waals surface area contributed by atoms with Gasteiger partial charge in [0.05, 0.1) is 6.21 Å². The normalized spacial score (nSPS) is 10.5. The Labute approximate surface area is 101 Å². The van der Waals surface area contributed by atoms with Gasteiger partial charge >= 0.3 is 0 Å². The molecule has 6 heteroatoms. The van der Waals surface area contributed by atoms with Crippen LogP contribution in [0.4, 0.5) is 0 Å². The average Bonchev–Trinajstić information content (AvgIpc) is 2.13. The summed E-state index contributed by atoms with van der Waals surface area (Å²) in [6, 6.07) is 3.47. The quantitative estimate of drug-likeness (QED) is 0.327. The molecule has 0 heterocycles. The molecule has 5 nitrogen and oxygen atoms in total. The number of phenolic OH excluding ortho intramolecular Hbond substituents is 1. The van der Waals surface area contributed by atoms with Crippen LogP contribution >= 0.6 is 22.6 Å². The number of aryl methyl sites for hydroxylation is 1. The topological polar surface area (TPSA) is 97.0 Å². The van der Waals surface area contributed by atoms with E-state index < -0.39 is 0 Å². The minimum absolute atomic E-state index is 0.118. The molecule has 0 unspecified atom stereocenters. The van der Waals surface area contributed by atoms with E-state index in [2.05, 4.69) is 32.8 Å². The van der Waals surface area contributed by atoms with Crippen LogP contribution in [-0.4, -0.2) is 17.3 Å². The molecule has 0 amide bonds. The Morgan fingerprint density at radius 2 is 2.13 bits per heavy atom. The lowest BCUT2D eigenvalue weighted by molar-refractivity contribution is 0.474. The number of nitrogens with zero attached hydrogens (tertiary/aromatic N) is 2. The van der Waals surface area contributed by atoms with Crippen LogP contribution in [0.25, 0.3) is 0 Å². The molecule has 0 aliphatic rings. The Morgan fingerprint density at radius 1 is 1.47 bits per heavy atom. The maximum atomic E-state index is 9.58. The van der Waals surface area contributed by atoms with Crippen molar-refractivity contribution in [2.24, 2.45) is 21.7 Å². The van der Waals surface area contributed by atoms with Crippen molar-refractivity contribution in [1.82, 2.24) is 0 Å². The van der Waals surface area contributed by atoms with Gasteiger partial charge in [-0.05, 0) is 47.2 Å². The minimum atomic E-state index is -0.118. The van der Waals surface area contributed by atoms with E-state index in [1.165, 1.54) is 6.21 Å². The molecule has 0 saturated heterocycles. The van der Waals surface area contributed by atoms with E-state index >= 15 is 0 Å². The van der Waals surface area contributed by atoms with E-state index in [1.807, 2.05) is 6.92 Å². The summed E-state index contributed by atoms with van der Waals surface area (Å²) in [4.78, 5) is 0. The van der Waals surface area contributed by atoms with Crippen molar-refractivity contribution in [1.29, 1.82) is 0 Å². The lowest BCUT2D eigenvalue weighted by Gasteiger charge is -2.02. The molecule has 0 bridgehead atoms. The summed E-state index contributed by atoms with van der Waals surface area (Å²) < 4.78 is 1.04. The number of nitrogens with two attached hydrogens (primary N) is 2. The molecule has 1 rings (SSSR count). The highest BCUT2D eigenvalue weighted by molar-refractivity contribution is 14.1. The van der Waals surface area contributed by atoms with Crippen LogP contribution in [0.2, 0.25) is 0 Å². The highest BCUT2D eigenvalue weighted by Gasteiger charge is 2.02. The van der Waals surface area contributed by atoms with Gasteiger partial charge in [0.1, 0.15) is 5.75 Å². The van der Waals surface area contributed by atoms with Crippen molar-refractivity contribution in [3.8, 4) is 5.75 Å². The first-order chi connectivity index (χ1) is 7.00. The van der Waals surface area contributed by atoms with Crippen molar-refractivity contribution in [2.75, 3.05) is 0 Å². The van der Waals surface area contributed by atoms with Crippen LogP contribution in [0.15, 0.2) is 22.3 Å². The number of guanidine groups is 1. The zero-order chi connectivity index (χ0) is 11.4. The molecular weight excluding hydrogens is 307 g/mol. The van der Waals surface area contributed by atoms with Gasteiger partial charge in [0.25, 0.3) is 0 Å². The number of aromatic hydroxyl groups is 1. The van der Waals surface area contributed by atoms with Crippen LogP contribution < -0.4 is 11.5 Å². The second-order valence-electron chi connectivity index (χ2n) is 2.93. The largest absolute Gasteiger partial charge is 0.507 e. The standard InChI is InChI=1S/C9H11IN4O/c1-5-2-8(15)6(3-7(5)10)4-13-14-9(11)12/h2-4,15H,1H3,(H4,11,12,14). The Balaban J connectivity index is 3.01. The van der Waals surface area contributed by atoms with Gasteiger partial charge in [0.15, 0.2) is 0 Å². The monoisotopic (exact) mass is 318 g/mol. The predicted octanol–water partition coefficient (Wildman–Crippen LogP) is 0.913. The van der Waals surface area contributed by atoms with Crippen molar-refractivity contribution in [3.63, 3.8) is 0 Å². The third kappa shape index (κ3) is 3.39. The van der Waals surface area contributed by atoms with Crippen molar-refractivity contribution >= 4 is 34.8 Å². The molecule has 0 aliphatic carbocycles. The molecular formula is C9H11IN4O. The van der Waals surface area contributed by atoms with Crippen molar-refractivity contribution in [3.05, 3.63) is 26.8 Å². The molecule has 0 radical (unpaired) electrons. The Morgan fingerprint density at radius 3 is 2.73 bits per heavy atom. The molecule has 0 spiro atoms. The number of hydrogen-bond donors (Lipinski definition) is 3. The highest BCUT2D eigenvalue weighted by Crippen LogP contribution is 2.21. The lowest BCUT2D eigenvalue weighted by Crippen LogP contribution is -2.21. The van der Waals surface area contributed by atoms with Gasteiger partial charge in [0, 0.05) is 9.13 Å². The number of phenols is 1. The van der Waals surface area contributed by atoms with Crippen LogP contribution in [0.1, 0.15) is 11.1 Å². The zero-order valence-corrected chi connectivity index (χ0v) is 10.3. The number of hydrogen-bond acceptors (Lipinski definition) is 3. The summed E-state index contributed by atoms with van der Waals surface area (Å²) in [7, 11) is 0. The van der Waals surface area contributed by atoms with Crippen LogP contribution in [-0.2, 0) is 0 Å². The first kappa shape index (κ1) is 11.8. The second kappa shape index (κ2) is 4.96. The van der Waals surface area contributed by atoms with Crippen molar-refractivity contribution < 1.29 is 5.11 Å². The van der Waals surface area contributed by atoms with Gasteiger partial charge in [0.2, 0.25) is 5.96 Å². The Kier molecular flexibility index (Phi) is 3.89. The van der Waals surface area contributed by atoms with Gasteiger partial charge in [-0.3, -0.25) is 0 Å². The third-order valence-corrected chi connectivity index (χ3v) is 2.84. The SMILES string of the molecule is Cc1cc(O)c(C=NN=C(N)N)cc1I. The summed E-state index contributed by atoms with van der Waals surface area (Å²) in [6.07, 6.45) is 1.40. The van der Waals surface area contributed by atoms with Crippen molar-refractivity contribution in [2.45, 2.75) is 6.92 Å². The fourth-order valence-electron chi connectivity index (χ4n) is 0.943. The number of benzene rings is 1. The molecule has 0 fully saturated rings. The van der Waals surface area contributed by atoms with Gasteiger partial charge in [-0.1, -0.05) is 0 Å². The van der Waals surface area contributed by atoms with E-state index in [9.17, 15) is 5.11 Å². The molecule has 5 N–H and O–H groups in total. The maximum absolute atomic E-state index is 9.58. The Hall–Kier alpha value is -1.31. The second-order valence-corrected chi connectivity index (χ2v) is 4.09. The molecule has 0 aliphatic heterocycles. The predicted molar refractivity (Wildman–Crippen MR) is 69.0 cm³/mol. The molecule has 1 aromatic rings. The van der Waals surface area contributed by atoms with Gasteiger partial charge in [-0.25, -0.2) is 0 Å². The van der Waals surface area contributed by atoms with E-state index in [4.69, 9.17) is 11.5 Å². The van der Waals surface area contributed by atoms with E-state index in [0.29, 0.717) is 5.56 Å². The lowest BCUT2D eigenvalue weighted by atomic mass is 10.1. The van der Waals surface area contributed by atoms with Crippen LogP contribution in [0, 0.1) is 10.5 Å². The number of rotatable bonds is 2. The maximum Gasteiger partial charge on any atom is 0.211 e. The van der Waals surface area contributed by atoms with E-state index in [0.717, 1.165) is 9.13 Å². The van der Waals surface area contributed by atoms with Crippen LogP contribution in [0.3, 0.4) is 0 Å². The fraction of sp³-hybridized carbons (Fsp3) is 0.111. The smallest absolute Gasteiger partial charge is 0.211 e. The van der Waals surface area contributed by atoms with Gasteiger partial charge < -0.3 is 16.6 Å². The summed E-state index contributed by atoms with van der Waals surface area (Å²) >= 11 is 2.17. The summed E-state index contributed by atoms with van der Waals surface area (Å²) in [6.45, 7) is 1.92. The third-order valence-electron chi connectivity index (χ3n) is 1.68. The zero-order valence-electron chi connectivity index (χ0n) is 8.11. The van der Waals surface area contributed by atoms with Gasteiger partial charge in [-0.2, -0.15) is 5.10 Å². The summed E-state index contributed by atoms with van der Waals surface area (Å²) in [5.74, 6) is 0.0370. The van der Waals surface area contributed by atoms with E-state index in [-0.39, 0.29) is 11.7 Å². The first-order valence-corrected chi connectivity index (χ1v) is 5.19. The van der Waals surface area contributed by atoms with E-state index in [1.54, 1.807) is 12.1 Å². The van der Waals surface area contributed by atoms with Crippen LogP contribution in [0.5, 0.6) is 5.75 Å². The molecule has 80 valence electrons. The number of halogens is 1. The minimum Gasteiger partial charge on any atom is -0.507 e. The molecule has 1 aromatic carbocycles. The first-order valence-electron chi connectivity index (χ1n) is 4.12. The average molecular weight is 318 g/mol.